The molecule has 2 unspecified atom stereocenters. The fourth-order valence-corrected chi connectivity index (χ4v) is 3.93. The Morgan fingerprint density at radius 3 is 3.11 bits per heavy atom. The summed E-state index contributed by atoms with van der Waals surface area (Å²) in [6.45, 7) is 0.922. The first-order chi connectivity index (χ1) is 8.84. The number of allylic oxidation sites excluding steroid dienone is 4. The van der Waals surface area contributed by atoms with Gasteiger partial charge in [0.15, 0.2) is 0 Å². The minimum absolute atomic E-state index is 0.313. The first-order valence-corrected chi connectivity index (χ1v) is 7.13. The molecule has 0 aromatic carbocycles. The predicted molar refractivity (Wildman–Crippen MR) is 70.0 cm³/mol. The molecule has 1 aliphatic carbocycles. The summed E-state index contributed by atoms with van der Waals surface area (Å²) < 4.78 is 0. The van der Waals surface area contributed by atoms with Gasteiger partial charge in [0.05, 0.1) is 5.70 Å². The molecule has 3 heterocycles. The van der Waals surface area contributed by atoms with E-state index in [0.29, 0.717) is 17.7 Å². The molecule has 0 bridgehead atoms. The molecule has 94 valence electrons. The number of piperidine rings is 1. The van der Waals surface area contributed by atoms with Crippen LogP contribution in [0.5, 0.6) is 0 Å². The van der Waals surface area contributed by atoms with Gasteiger partial charge >= 0.3 is 0 Å². The number of carbonyl (C=O) groups excluding carboxylic acids is 1. The maximum Gasteiger partial charge on any atom is 0.226 e. The van der Waals surface area contributed by atoms with Gasteiger partial charge in [0.2, 0.25) is 5.91 Å². The zero-order valence-electron chi connectivity index (χ0n) is 10.6. The molecule has 1 saturated heterocycles. The number of amides is 1. The molecule has 3 aliphatic heterocycles. The Kier molecular flexibility index (Phi) is 2.23. The van der Waals surface area contributed by atoms with Gasteiger partial charge in [0.25, 0.3) is 0 Å². The highest BCUT2D eigenvalue weighted by atomic mass is 16.2. The molecule has 3 nitrogen and oxygen atoms in total. The molecule has 0 spiro atoms. The number of carbonyl (C=O) groups is 1. The summed E-state index contributed by atoms with van der Waals surface area (Å²) in [6, 6.07) is 0. The molecule has 2 atom stereocenters. The van der Waals surface area contributed by atoms with Gasteiger partial charge in [-0.2, -0.15) is 0 Å². The molecular weight excluding hydrogens is 224 g/mol. The van der Waals surface area contributed by atoms with Crippen molar-refractivity contribution in [3.8, 4) is 0 Å². The molecule has 0 saturated carbocycles. The molecule has 1 amide bonds. The second kappa shape index (κ2) is 3.81. The Bertz CT molecular complexity index is 501. The van der Waals surface area contributed by atoms with Crippen molar-refractivity contribution in [1.29, 1.82) is 0 Å². The minimum Gasteiger partial charge on any atom is -0.314 e. The van der Waals surface area contributed by atoms with Crippen LogP contribution in [0.1, 0.15) is 38.5 Å². The summed E-state index contributed by atoms with van der Waals surface area (Å²) in [7, 11) is 0. The van der Waals surface area contributed by atoms with Crippen molar-refractivity contribution in [3.63, 3.8) is 0 Å². The maximum atomic E-state index is 12.0. The van der Waals surface area contributed by atoms with Gasteiger partial charge in [-0.25, -0.2) is 0 Å². The van der Waals surface area contributed by atoms with Gasteiger partial charge in [-0.05, 0) is 38.2 Å². The van der Waals surface area contributed by atoms with Crippen LogP contribution in [0.4, 0.5) is 0 Å². The van der Waals surface area contributed by atoms with E-state index in [4.69, 9.17) is 4.99 Å². The first kappa shape index (κ1) is 10.5. The number of rotatable bonds is 0. The lowest BCUT2D eigenvalue weighted by Crippen LogP contribution is -2.40. The van der Waals surface area contributed by atoms with E-state index in [-0.39, 0.29) is 0 Å². The maximum absolute atomic E-state index is 12.0. The second-order valence-electron chi connectivity index (χ2n) is 5.75. The van der Waals surface area contributed by atoms with Crippen molar-refractivity contribution in [3.05, 3.63) is 23.5 Å². The standard InChI is InChI=1S/C15H18N2O/c18-14-7-3-6-13-15-11(8-9-17(13)14)10-4-1-2-5-12(10)16-15/h2,5,10-11H,1,3-4,6-9H2. The van der Waals surface area contributed by atoms with Crippen molar-refractivity contribution >= 4 is 11.6 Å². The van der Waals surface area contributed by atoms with Crippen LogP contribution in [-0.2, 0) is 4.79 Å². The zero-order chi connectivity index (χ0) is 12.1. The van der Waals surface area contributed by atoms with Crippen LogP contribution < -0.4 is 0 Å². The Morgan fingerprint density at radius 1 is 1.22 bits per heavy atom. The third kappa shape index (κ3) is 1.36. The average Bonchev–Trinajstić information content (AvgIpc) is 2.78. The van der Waals surface area contributed by atoms with E-state index >= 15 is 0 Å². The monoisotopic (exact) mass is 242 g/mol. The van der Waals surface area contributed by atoms with Crippen LogP contribution in [-0.4, -0.2) is 23.1 Å². The highest BCUT2D eigenvalue weighted by molar-refractivity contribution is 6.00. The van der Waals surface area contributed by atoms with Crippen LogP contribution in [0.25, 0.3) is 0 Å². The molecule has 0 aromatic heterocycles. The lowest BCUT2D eigenvalue weighted by molar-refractivity contribution is -0.131. The number of aliphatic imine (C=N–C) groups is 1. The molecular formula is C15H18N2O. The van der Waals surface area contributed by atoms with Crippen LogP contribution in [0.15, 0.2) is 28.5 Å². The summed E-state index contributed by atoms with van der Waals surface area (Å²) in [5.74, 6) is 1.55. The van der Waals surface area contributed by atoms with Gasteiger partial charge in [0, 0.05) is 36.2 Å². The summed E-state index contributed by atoms with van der Waals surface area (Å²) in [6.07, 6.45) is 10.8. The minimum atomic E-state index is 0.313. The first-order valence-electron chi connectivity index (χ1n) is 7.13. The highest BCUT2D eigenvalue weighted by Crippen LogP contribution is 2.45. The van der Waals surface area contributed by atoms with Crippen LogP contribution >= 0.6 is 0 Å². The van der Waals surface area contributed by atoms with E-state index in [1.54, 1.807) is 0 Å². The molecule has 0 radical (unpaired) electrons. The van der Waals surface area contributed by atoms with Gasteiger partial charge < -0.3 is 4.90 Å². The van der Waals surface area contributed by atoms with Gasteiger partial charge in [-0.1, -0.05) is 6.08 Å². The quantitative estimate of drug-likeness (QED) is 0.642. The van der Waals surface area contributed by atoms with Crippen molar-refractivity contribution < 1.29 is 4.79 Å². The lowest BCUT2D eigenvalue weighted by atomic mass is 9.78. The largest absolute Gasteiger partial charge is 0.314 e. The molecule has 4 aliphatic rings. The van der Waals surface area contributed by atoms with E-state index in [1.807, 2.05) is 4.90 Å². The third-order valence-electron chi connectivity index (χ3n) is 4.79. The topological polar surface area (TPSA) is 32.7 Å². The van der Waals surface area contributed by atoms with Crippen molar-refractivity contribution in [1.82, 2.24) is 4.90 Å². The summed E-state index contributed by atoms with van der Waals surface area (Å²) in [4.78, 5) is 18.8. The van der Waals surface area contributed by atoms with Gasteiger partial charge in [-0.3, -0.25) is 9.79 Å². The molecule has 4 rings (SSSR count). The van der Waals surface area contributed by atoms with Crippen LogP contribution in [0, 0.1) is 11.8 Å². The normalized spacial score (nSPS) is 34.1. The van der Waals surface area contributed by atoms with Crippen molar-refractivity contribution in [2.24, 2.45) is 16.8 Å². The Labute approximate surface area is 107 Å². The van der Waals surface area contributed by atoms with E-state index in [0.717, 1.165) is 32.2 Å². The molecule has 1 fully saturated rings. The van der Waals surface area contributed by atoms with E-state index < -0.39 is 0 Å². The summed E-state index contributed by atoms with van der Waals surface area (Å²) in [5, 5.41) is 0. The average molecular weight is 242 g/mol. The summed E-state index contributed by atoms with van der Waals surface area (Å²) in [5.41, 5.74) is 3.77. The number of hydrogen-bond acceptors (Lipinski definition) is 2. The Balaban J connectivity index is 1.79. The third-order valence-corrected chi connectivity index (χ3v) is 4.79. The van der Waals surface area contributed by atoms with Gasteiger partial charge in [0.1, 0.15) is 0 Å². The Hall–Kier alpha value is -1.38. The van der Waals surface area contributed by atoms with Crippen molar-refractivity contribution in [2.75, 3.05) is 6.54 Å². The molecule has 0 aromatic rings. The van der Waals surface area contributed by atoms with Gasteiger partial charge in [-0.15, -0.1) is 0 Å². The van der Waals surface area contributed by atoms with Crippen LogP contribution in [0.3, 0.4) is 0 Å². The van der Waals surface area contributed by atoms with E-state index in [9.17, 15) is 4.79 Å². The molecule has 3 heteroatoms. The summed E-state index contributed by atoms with van der Waals surface area (Å²) >= 11 is 0. The van der Waals surface area contributed by atoms with Crippen molar-refractivity contribution in [2.45, 2.75) is 38.5 Å². The molecule has 18 heavy (non-hydrogen) atoms. The Morgan fingerprint density at radius 2 is 2.17 bits per heavy atom. The fourth-order valence-electron chi connectivity index (χ4n) is 3.93. The van der Waals surface area contributed by atoms with Crippen LogP contribution in [0.2, 0.25) is 0 Å². The SMILES string of the molecule is O=C1CCCC2=C3N=C4C=CCCC4C3CCN12. The van der Waals surface area contributed by atoms with E-state index in [1.165, 1.54) is 29.9 Å². The molecule has 0 N–H and O–H groups in total. The predicted octanol–water partition coefficient (Wildman–Crippen LogP) is 2.65. The fraction of sp³-hybridized carbons (Fsp3) is 0.600. The van der Waals surface area contributed by atoms with E-state index in [2.05, 4.69) is 12.2 Å². The number of hydrogen-bond donors (Lipinski definition) is 0. The smallest absolute Gasteiger partial charge is 0.226 e. The number of nitrogens with zero attached hydrogens (tertiary/aromatic N) is 2. The lowest BCUT2D eigenvalue weighted by Gasteiger charge is -2.37. The second-order valence-corrected chi connectivity index (χ2v) is 5.75. The highest BCUT2D eigenvalue weighted by Gasteiger charge is 2.41. The number of fused-ring (bicyclic) bond motifs is 4. The zero-order valence-corrected chi connectivity index (χ0v) is 10.6.